The summed E-state index contributed by atoms with van der Waals surface area (Å²) in [4.78, 5) is 12.7. The van der Waals surface area contributed by atoms with Crippen LogP contribution in [0.5, 0.6) is 5.75 Å². The minimum absolute atomic E-state index is 0.189. The third-order valence-electron chi connectivity index (χ3n) is 2.68. The van der Waals surface area contributed by atoms with Gasteiger partial charge < -0.3 is 10.4 Å². The van der Waals surface area contributed by atoms with Crippen LogP contribution >= 0.6 is 11.8 Å². The maximum Gasteiger partial charge on any atom is 0.234 e. The first-order valence-corrected chi connectivity index (χ1v) is 7.01. The number of phenols is 1. The van der Waals surface area contributed by atoms with Gasteiger partial charge in [-0.05, 0) is 48.9 Å². The van der Waals surface area contributed by atoms with Crippen LogP contribution < -0.4 is 5.32 Å². The molecule has 0 heterocycles. The maximum atomic E-state index is 13.1. The van der Waals surface area contributed by atoms with Gasteiger partial charge in [-0.15, -0.1) is 11.8 Å². The van der Waals surface area contributed by atoms with Crippen LogP contribution in [0.4, 0.5) is 10.1 Å². The molecule has 0 aromatic heterocycles. The molecule has 0 radical (unpaired) electrons. The number of amides is 1. The van der Waals surface area contributed by atoms with Crippen LogP contribution in [0.15, 0.2) is 47.4 Å². The number of anilines is 1. The number of hydrogen-bond donors (Lipinski definition) is 2. The quantitative estimate of drug-likeness (QED) is 0.847. The molecule has 0 aliphatic heterocycles. The average Bonchev–Trinajstić information content (AvgIpc) is 2.42. The zero-order valence-electron chi connectivity index (χ0n) is 10.9. The van der Waals surface area contributed by atoms with E-state index in [1.54, 1.807) is 30.3 Å². The van der Waals surface area contributed by atoms with Crippen LogP contribution in [-0.4, -0.2) is 16.8 Å². The highest BCUT2D eigenvalue weighted by Crippen LogP contribution is 2.21. The van der Waals surface area contributed by atoms with E-state index >= 15 is 0 Å². The molecule has 0 aliphatic carbocycles. The van der Waals surface area contributed by atoms with Crippen molar-refractivity contribution in [2.45, 2.75) is 11.8 Å². The lowest BCUT2D eigenvalue weighted by Crippen LogP contribution is -2.14. The number of rotatable bonds is 4. The van der Waals surface area contributed by atoms with Crippen molar-refractivity contribution in [1.29, 1.82) is 0 Å². The number of benzene rings is 2. The van der Waals surface area contributed by atoms with E-state index in [0.717, 1.165) is 10.5 Å². The Morgan fingerprint density at radius 2 is 1.95 bits per heavy atom. The number of carbonyl (C=O) groups excluding carboxylic acids is 1. The fourth-order valence-electron chi connectivity index (χ4n) is 1.61. The van der Waals surface area contributed by atoms with Gasteiger partial charge in [0.05, 0.1) is 5.75 Å². The Bertz CT molecular complexity index is 614. The van der Waals surface area contributed by atoms with Gasteiger partial charge in [-0.3, -0.25) is 4.79 Å². The van der Waals surface area contributed by atoms with Gasteiger partial charge in [-0.1, -0.05) is 6.07 Å². The summed E-state index contributed by atoms with van der Waals surface area (Å²) in [5.41, 5.74) is 1.30. The summed E-state index contributed by atoms with van der Waals surface area (Å²) in [7, 11) is 0. The lowest BCUT2D eigenvalue weighted by molar-refractivity contribution is -0.113. The van der Waals surface area contributed by atoms with Gasteiger partial charge in [0.1, 0.15) is 11.6 Å². The predicted octanol–water partition coefficient (Wildman–Crippen LogP) is 3.57. The standard InChI is InChI=1S/C15H14FNO2S/c1-10-2-3-11(16)8-14(10)17-15(19)9-20-13-6-4-12(18)5-7-13/h2-8,18H,9H2,1H3,(H,17,19). The van der Waals surface area contributed by atoms with E-state index in [9.17, 15) is 9.18 Å². The SMILES string of the molecule is Cc1ccc(F)cc1NC(=O)CSc1ccc(O)cc1. The summed E-state index contributed by atoms with van der Waals surface area (Å²) in [6, 6.07) is 10.9. The van der Waals surface area contributed by atoms with Crippen LogP contribution in [-0.2, 0) is 4.79 Å². The Hall–Kier alpha value is -2.01. The molecular weight excluding hydrogens is 277 g/mol. The fraction of sp³-hybridized carbons (Fsp3) is 0.133. The zero-order chi connectivity index (χ0) is 14.5. The van der Waals surface area contributed by atoms with Crippen molar-refractivity contribution >= 4 is 23.4 Å². The highest BCUT2D eigenvalue weighted by atomic mass is 32.2. The van der Waals surface area contributed by atoms with E-state index in [-0.39, 0.29) is 23.2 Å². The Balaban J connectivity index is 1.92. The summed E-state index contributed by atoms with van der Waals surface area (Å²) in [5, 5.41) is 11.8. The summed E-state index contributed by atoms with van der Waals surface area (Å²) in [5.74, 6) is -0.163. The summed E-state index contributed by atoms with van der Waals surface area (Å²) in [6.07, 6.45) is 0. The predicted molar refractivity (Wildman–Crippen MR) is 78.6 cm³/mol. The Labute approximate surface area is 120 Å². The molecule has 0 bridgehead atoms. The number of halogens is 1. The first-order chi connectivity index (χ1) is 9.54. The van der Waals surface area contributed by atoms with E-state index in [2.05, 4.69) is 5.32 Å². The summed E-state index contributed by atoms with van der Waals surface area (Å²) >= 11 is 1.35. The Kier molecular flexibility index (Phi) is 4.63. The summed E-state index contributed by atoms with van der Waals surface area (Å²) in [6.45, 7) is 1.81. The Morgan fingerprint density at radius 1 is 1.25 bits per heavy atom. The highest BCUT2D eigenvalue weighted by Gasteiger charge is 2.06. The topological polar surface area (TPSA) is 49.3 Å². The average molecular weight is 291 g/mol. The number of hydrogen-bond acceptors (Lipinski definition) is 3. The molecule has 1 amide bonds. The number of carbonyl (C=O) groups is 1. The van der Waals surface area contributed by atoms with Crippen molar-refractivity contribution in [3.63, 3.8) is 0 Å². The van der Waals surface area contributed by atoms with Gasteiger partial charge in [-0.2, -0.15) is 0 Å². The van der Waals surface area contributed by atoms with Crippen molar-refractivity contribution in [2.24, 2.45) is 0 Å². The molecule has 5 heteroatoms. The number of aryl methyl sites for hydroxylation is 1. The van der Waals surface area contributed by atoms with E-state index < -0.39 is 0 Å². The highest BCUT2D eigenvalue weighted by molar-refractivity contribution is 8.00. The molecule has 2 aromatic rings. The molecule has 3 nitrogen and oxygen atoms in total. The number of thioether (sulfide) groups is 1. The number of nitrogens with one attached hydrogen (secondary N) is 1. The van der Waals surface area contributed by atoms with Crippen molar-refractivity contribution in [2.75, 3.05) is 11.1 Å². The van der Waals surface area contributed by atoms with Crippen LogP contribution in [0.3, 0.4) is 0 Å². The third-order valence-corrected chi connectivity index (χ3v) is 3.69. The van der Waals surface area contributed by atoms with E-state index in [1.807, 2.05) is 6.92 Å². The van der Waals surface area contributed by atoms with E-state index in [4.69, 9.17) is 5.11 Å². The van der Waals surface area contributed by atoms with Crippen molar-refractivity contribution < 1.29 is 14.3 Å². The van der Waals surface area contributed by atoms with Crippen LogP contribution in [0.2, 0.25) is 0 Å². The minimum Gasteiger partial charge on any atom is -0.508 e. The van der Waals surface area contributed by atoms with Crippen molar-refractivity contribution in [3.05, 3.63) is 53.8 Å². The molecule has 0 unspecified atom stereocenters. The molecule has 2 N–H and O–H groups in total. The molecule has 2 rings (SSSR count). The number of aromatic hydroxyl groups is 1. The van der Waals surface area contributed by atoms with Gasteiger partial charge >= 0.3 is 0 Å². The van der Waals surface area contributed by atoms with Crippen molar-refractivity contribution in [3.8, 4) is 5.75 Å². The smallest absolute Gasteiger partial charge is 0.234 e. The third kappa shape index (κ3) is 3.99. The largest absolute Gasteiger partial charge is 0.508 e. The molecule has 20 heavy (non-hydrogen) atoms. The van der Waals surface area contributed by atoms with E-state index in [0.29, 0.717) is 5.69 Å². The van der Waals surface area contributed by atoms with Crippen LogP contribution in [0.25, 0.3) is 0 Å². The molecule has 0 saturated carbocycles. The minimum atomic E-state index is -0.378. The van der Waals surface area contributed by atoms with Gasteiger partial charge in [0.2, 0.25) is 5.91 Å². The molecule has 0 saturated heterocycles. The number of phenolic OH excluding ortho intramolecular Hbond substituents is 1. The van der Waals surface area contributed by atoms with Gasteiger partial charge in [0.25, 0.3) is 0 Å². The molecule has 104 valence electrons. The maximum absolute atomic E-state index is 13.1. The Morgan fingerprint density at radius 3 is 2.65 bits per heavy atom. The lowest BCUT2D eigenvalue weighted by Gasteiger charge is -2.08. The van der Waals surface area contributed by atoms with Crippen LogP contribution in [0.1, 0.15) is 5.56 Å². The lowest BCUT2D eigenvalue weighted by atomic mass is 10.2. The first kappa shape index (κ1) is 14.4. The molecule has 0 aliphatic rings. The second-order valence-corrected chi connectivity index (χ2v) is 5.34. The van der Waals surface area contributed by atoms with E-state index in [1.165, 1.54) is 23.9 Å². The monoisotopic (exact) mass is 291 g/mol. The second kappa shape index (κ2) is 6.43. The summed E-state index contributed by atoms with van der Waals surface area (Å²) < 4.78 is 13.1. The van der Waals surface area contributed by atoms with Gasteiger partial charge in [0.15, 0.2) is 0 Å². The first-order valence-electron chi connectivity index (χ1n) is 6.02. The van der Waals surface area contributed by atoms with Crippen LogP contribution in [0, 0.1) is 12.7 Å². The fourth-order valence-corrected chi connectivity index (χ4v) is 2.30. The molecule has 0 spiro atoms. The van der Waals surface area contributed by atoms with Gasteiger partial charge in [-0.25, -0.2) is 4.39 Å². The zero-order valence-corrected chi connectivity index (χ0v) is 11.7. The van der Waals surface area contributed by atoms with Crippen molar-refractivity contribution in [1.82, 2.24) is 0 Å². The molecular formula is C15H14FNO2S. The molecule has 0 fully saturated rings. The van der Waals surface area contributed by atoms with Gasteiger partial charge in [0, 0.05) is 10.6 Å². The molecule has 2 aromatic carbocycles. The molecule has 0 atom stereocenters. The normalized spacial score (nSPS) is 10.3. The second-order valence-electron chi connectivity index (χ2n) is 4.29.